The van der Waals surface area contributed by atoms with Crippen LogP contribution in [0.4, 0.5) is 10.2 Å². The zero-order valence-corrected chi connectivity index (χ0v) is 21.7. The smallest absolute Gasteiger partial charge is 0.337 e. The first-order chi connectivity index (χ1) is 19.2. The molecule has 11 heteroatoms. The summed E-state index contributed by atoms with van der Waals surface area (Å²) in [5.74, 6) is -2.15. The SMILES string of the molecule is Nc1ncc(-c2cncc(C(=O)O)c2)cc1C(=O)N[C@@H]1CCN(C(=O)c2ccc(-c3ccc(F)cc3Cl)cc2)C1. The molecule has 1 atom stereocenters. The van der Waals surface area contributed by atoms with Crippen molar-refractivity contribution >= 4 is 35.2 Å². The van der Waals surface area contributed by atoms with Crippen LogP contribution < -0.4 is 11.1 Å². The van der Waals surface area contributed by atoms with Gasteiger partial charge in [-0.25, -0.2) is 14.2 Å². The minimum absolute atomic E-state index is 0.00457. The second kappa shape index (κ2) is 11.1. The Labute approximate surface area is 233 Å². The molecule has 1 aliphatic rings. The number of rotatable bonds is 6. The van der Waals surface area contributed by atoms with Crippen molar-refractivity contribution in [2.75, 3.05) is 18.8 Å². The van der Waals surface area contributed by atoms with Crippen LogP contribution in [0.3, 0.4) is 0 Å². The molecule has 0 bridgehead atoms. The average Bonchev–Trinajstić information content (AvgIpc) is 3.41. The van der Waals surface area contributed by atoms with E-state index < -0.39 is 17.7 Å². The number of pyridine rings is 2. The highest BCUT2D eigenvalue weighted by atomic mass is 35.5. The van der Waals surface area contributed by atoms with Gasteiger partial charge in [0.05, 0.1) is 16.1 Å². The third-order valence-electron chi connectivity index (χ3n) is 6.67. The maximum atomic E-state index is 13.4. The molecule has 40 heavy (non-hydrogen) atoms. The first-order valence-corrected chi connectivity index (χ1v) is 12.7. The molecule has 202 valence electrons. The Morgan fingerprint density at radius 2 is 1.73 bits per heavy atom. The van der Waals surface area contributed by atoms with E-state index in [4.69, 9.17) is 17.3 Å². The summed E-state index contributed by atoms with van der Waals surface area (Å²) in [5.41, 5.74) is 8.98. The van der Waals surface area contributed by atoms with Gasteiger partial charge in [-0.05, 0) is 54.4 Å². The molecule has 1 saturated heterocycles. The molecule has 2 aromatic carbocycles. The lowest BCUT2D eigenvalue weighted by Gasteiger charge is -2.18. The molecule has 9 nitrogen and oxygen atoms in total. The van der Waals surface area contributed by atoms with Crippen molar-refractivity contribution in [3.05, 3.63) is 101 Å². The fraction of sp³-hybridized carbons (Fsp3) is 0.138. The number of anilines is 1. The van der Waals surface area contributed by atoms with Gasteiger partial charge in [0.15, 0.2) is 0 Å². The summed E-state index contributed by atoms with van der Waals surface area (Å²) < 4.78 is 13.4. The number of likely N-dealkylation sites (tertiary alicyclic amines) is 1. The number of nitrogens with zero attached hydrogens (tertiary/aromatic N) is 3. The Morgan fingerprint density at radius 3 is 2.45 bits per heavy atom. The van der Waals surface area contributed by atoms with E-state index in [0.29, 0.717) is 41.8 Å². The van der Waals surface area contributed by atoms with E-state index >= 15 is 0 Å². The van der Waals surface area contributed by atoms with E-state index in [1.54, 1.807) is 35.2 Å². The number of carbonyl (C=O) groups is 3. The summed E-state index contributed by atoms with van der Waals surface area (Å²) in [6.45, 7) is 0.768. The van der Waals surface area contributed by atoms with Crippen LogP contribution in [0.5, 0.6) is 0 Å². The van der Waals surface area contributed by atoms with Crippen LogP contribution in [0, 0.1) is 5.82 Å². The second-order valence-electron chi connectivity index (χ2n) is 9.34. The molecule has 0 saturated carbocycles. The number of hydrogen-bond acceptors (Lipinski definition) is 6. The highest BCUT2D eigenvalue weighted by Crippen LogP contribution is 2.29. The highest BCUT2D eigenvalue weighted by Gasteiger charge is 2.29. The van der Waals surface area contributed by atoms with Gasteiger partial charge < -0.3 is 21.1 Å². The predicted molar refractivity (Wildman–Crippen MR) is 147 cm³/mol. The minimum Gasteiger partial charge on any atom is -0.478 e. The van der Waals surface area contributed by atoms with E-state index in [2.05, 4.69) is 15.3 Å². The number of amides is 2. The van der Waals surface area contributed by atoms with E-state index in [-0.39, 0.29) is 33.9 Å². The van der Waals surface area contributed by atoms with Crippen molar-refractivity contribution in [1.82, 2.24) is 20.2 Å². The van der Waals surface area contributed by atoms with Crippen LogP contribution in [0.2, 0.25) is 5.02 Å². The second-order valence-corrected chi connectivity index (χ2v) is 9.74. The molecule has 0 aliphatic carbocycles. The van der Waals surface area contributed by atoms with Gasteiger partial charge in [0.25, 0.3) is 11.8 Å². The number of nitrogen functional groups attached to an aromatic ring is 1. The summed E-state index contributed by atoms with van der Waals surface area (Å²) in [6, 6.07) is 13.7. The Balaban J connectivity index is 1.24. The van der Waals surface area contributed by atoms with Gasteiger partial charge in [0.1, 0.15) is 11.6 Å². The number of carboxylic acid groups (broad SMARTS) is 1. The molecule has 1 fully saturated rings. The summed E-state index contributed by atoms with van der Waals surface area (Å²) >= 11 is 6.15. The molecule has 2 amide bonds. The fourth-order valence-corrected chi connectivity index (χ4v) is 4.83. The van der Waals surface area contributed by atoms with E-state index in [0.717, 1.165) is 5.56 Å². The van der Waals surface area contributed by atoms with Crippen molar-refractivity contribution < 1.29 is 23.9 Å². The van der Waals surface area contributed by atoms with Crippen LogP contribution in [-0.2, 0) is 0 Å². The Bertz CT molecular complexity index is 1630. The summed E-state index contributed by atoms with van der Waals surface area (Å²) in [5, 5.41) is 12.4. The van der Waals surface area contributed by atoms with Gasteiger partial charge in [-0.1, -0.05) is 23.7 Å². The first kappa shape index (κ1) is 26.8. The lowest BCUT2D eigenvalue weighted by molar-refractivity contribution is 0.0695. The van der Waals surface area contributed by atoms with Gasteiger partial charge in [-0.15, -0.1) is 0 Å². The molecule has 4 N–H and O–H groups in total. The Morgan fingerprint density at radius 1 is 0.975 bits per heavy atom. The van der Waals surface area contributed by atoms with Crippen LogP contribution >= 0.6 is 11.6 Å². The number of nitrogens with two attached hydrogens (primary N) is 1. The lowest BCUT2D eigenvalue weighted by Crippen LogP contribution is -2.38. The van der Waals surface area contributed by atoms with Crippen molar-refractivity contribution in [3.63, 3.8) is 0 Å². The molecule has 1 aliphatic heterocycles. The molecule has 0 radical (unpaired) electrons. The fourth-order valence-electron chi connectivity index (χ4n) is 4.55. The van der Waals surface area contributed by atoms with E-state index in [1.807, 2.05) is 0 Å². The van der Waals surface area contributed by atoms with Crippen LogP contribution in [-0.4, -0.2) is 56.9 Å². The predicted octanol–water partition coefficient (Wildman–Crippen LogP) is 4.53. The van der Waals surface area contributed by atoms with Crippen molar-refractivity contribution in [2.24, 2.45) is 0 Å². The number of carbonyl (C=O) groups excluding carboxylic acids is 2. The van der Waals surface area contributed by atoms with Crippen LogP contribution in [0.1, 0.15) is 37.5 Å². The maximum Gasteiger partial charge on any atom is 0.337 e. The normalized spacial score (nSPS) is 14.7. The summed E-state index contributed by atoms with van der Waals surface area (Å²) in [6.07, 6.45) is 4.70. The largest absolute Gasteiger partial charge is 0.478 e. The quantitative estimate of drug-likeness (QED) is 0.315. The van der Waals surface area contributed by atoms with Gasteiger partial charge in [-0.3, -0.25) is 14.6 Å². The molecule has 4 aromatic rings. The molecule has 3 heterocycles. The van der Waals surface area contributed by atoms with Gasteiger partial charge >= 0.3 is 5.97 Å². The van der Waals surface area contributed by atoms with Crippen LogP contribution in [0.15, 0.2) is 73.2 Å². The van der Waals surface area contributed by atoms with Crippen LogP contribution in [0.25, 0.3) is 22.3 Å². The van der Waals surface area contributed by atoms with Gasteiger partial charge in [-0.2, -0.15) is 0 Å². The number of aromatic carboxylic acids is 1. The Hall–Kier alpha value is -4.83. The van der Waals surface area contributed by atoms with E-state index in [9.17, 15) is 23.9 Å². The third-order valence-corrected chi connectivity index (χ3v) is 6.98. The number of benzene rings is 2. The molecule has 2 aromatic heterocycles. The zero-order valence-electron chi connectivity index (χ0n) is 21.0. The highest BCUT2D eigenvalue weighted by molar-refractivity contribution is 6.33. The topological polar surface area (TPSA) is 139 Å². The van der Waals surface area contributed by atoms with Crippen molar-refractivity contribution in [1.29, 1.82) is 0 Å². The molecular formula is C29H23ClFN5O4. The standard InChI is InChI=1S/C29H23ClFN5O4/c30-25-11-21(31)5-6-23(25)16-1-3-17(4-2-16)28(38)36-8-7-22(15-36)35-27(37)24-10-19(14-34-26(24)32)18-9-20(29(39)40)13-33-12-18/h1-6,9-14,22H,7-8,15H2,(H2,32,34)(H,35,37)(H,39,40)/t22-/m1/s1. The summed E-state index contributed by atoms with van der Waals surface area (Å²) in [4.78, 5) is 47.1. The van der Waals surface area contributed by atoms with Crippen molar-refractivity contribution in [3.8, 4) is 22.3 Å². The molecule has 0 spiro atoms. The number of carboxylic acids is 1. The minimum atomic E-state index is -1.12. The average molecular weight is 560 g/mol. The zero-order chi connectivity index (χ0) is 28.4. The molecular weight excluding hydrogens is 537 g/mol. The molecule has 0 unspecified atom stereocenters. The van der Waals surface area contributed by atoms with Crippen molar-refractivity contribution in [2.45, 2.75) is 12.5 Å². The summed E-state index contributed by atoms with van der Waals surface area (Å²) in [7, 11) is 0. The van der Waals surface area contributed by atoms with Gasteiger partial charge in [0.2, 0.25) is 0 Å². The number of aromatic nitrogens is 2. The van der Waals surface area contributed by atoms with E-state index in [1.165, 1.54) is 42.9 Å². The number of hydrogen-bond donors (Lipinski definition) is 3. The third kappa shape index (κ3) is 5.62. The first-order valence-electron chi connectivity index (χ1n) is 12.3. The van der Waals surface area contributed by atoms with Gasteiger partial charge in [0, 0.05) is 60.0 Å². The number of halogens is 2. The monoisotopic (exact) mass is 559 g/mol. The lowest BCUT2D eigenvalue weighted by atomic mass is 10.0. The maximum absolute atomic E-state index is 13.4. The Kier molecular flexibility index (Phi) is 7.43. The number of nitrogens with one attached hydrogen (secondary N) is 1. The molecule has 5 rings (SSSR count).